The van der Waals surface area contributed by atoms with Crippen LogP contribution < -0.4 is 5.32 Å². The SMILES string of the molecule is CCC[C@@H](NC(=O)c1ccc([N+](=O)[O-])c(C)c1)C(=O)O. The lowest BCUT2D eigenvalue weighted by molar-refractivity contribution is -0.385. The zero-order valence-corrected chi connectivity index (χ0v) is 11.3. The molecule has 0 saturated carbocycles. The quantitative estimate of drug-likeness (QED) is 0.610. The summed E-state index contributed by atoms with van der Waals surface area (Å²) >= 11 is 0. The molecule has 0 bridgehead atoms. The number of benzene rings is 1. The number of amides is 1. The maximum Gasteiger partial charge on any atom is 0.326 e. The number of carboxylic acids is 1. The lowest BCUT2D eigenvalue weighted by Crippen LogP contribution is -2.40. The Bertz CT molecular complexity index is 542. The van der Waals surface area contributed by atoms with Crippen molar-refractivity contribution in [3.8, 4) is 0 Å². The number of aryl methyl sites for hydroxylation is 1. The van der Waals surface area contributed by atoms with Gasteiger partial charge in [-0.2, -0.15) is 0 Å². The van der Waals surface area contributed by atoms with E-state index in [1.807, 2.05) is 6.92 Å². The second-order valence-electron chi connectivity index (χ2n) is 4.41. The molecule has 0 fully saturated rings. The summed E-state index contributed by atoms with van der Waals surface area (Å²) in [6.45, 7) is 3.34. The number of nitrogens with zero attached hydrogens (tertiary/aromatic N) is 1. The maximum absolute atomic E-state index is 11.9. The second-order valence-corrected chi connectivity index (χ2v) is 4.41. The van der Waals surface area contributed by atoms with Crippen LogP contribution >= 0.6 is 0 Å². The van der Waals surface area contributed by atoms with Crippen molar-refractivity contribution in [1.82, 2.24) is 5.32 Å². The smallest absolute Gasteiger partial charge is 0.326 e. The van der Waals surface area contributed by atoms with E-state index in [-0.39, 0.29) is 11.3 Å². The number of aliphatic carboxylic acids is 1. The minimum atomic E-state index is -1.10. The van der Waals surface area contributed by atoms with Crippen LogP contribution in [0.2, 0.25) is 0 Å². The third-order valence-electron chi connectivity index (χ3n) is 2.84. The molecule has 0 aliphatic carbocycles. The Morgan fingerprint density at radius 3 is 2.55 bits per heavy atom. The van der Waals surface area contributed by atoms with Crippen molar-refractivity contribution in [3.05, 3.63) is 39.4 Å². The monoisotopic (exact) mass is 280 g/mol. The van der Waals surface area contributed by atoms with Gasteiger partial charge in [-0.25, -0.2) is 4.79 Å². The zero-order valence-electron chi connectivity index (χ0n) is 11.3. The molecular weight excluding hydrogens is 264 g/mol. The Morgan fingerprint density at radius 2 is 2.10 bits per heavy atom. The molecule has 0 spiro atoms. The largest absolute Gasteiger partial charge is 0.480 e. The lowest BCUT2D eigenvalue weighted by atomic mass is 10.1. The molecule has 1 amide bonds. The van der Waals surface area contributed by atoms with E-state index >= 15 is 0 Å². The number of hydrogen-bond acceptors (Lipinski definition) is 4. The van der Waals surface area contributed by atoms with Gasteiger partial charge in [-0.3, -0.25) is 14.9 Å². The van der Waals surface area contributed by atoms with Gasteiger partial charge in [0.15, 0.2) is 0 Å². The molecule has 7 nitrogen and oxygen atoms in total. The summed E-state index contributed by atoms with van der Waals surface area (Å²) in [6.07, 6.45) is 0.948. The summed E-state index contributed by atoms with van der Waals surface area (Å²) in [4.78, 5) is 33.0. The van der Waals surface area contributed by atoms with Crippen LogP contribution in [0.5, 0.6) is 0 Å². The number of hydrogen-bond donors (Lipinski definition) is 2. The van der Waals surface area contributed by atoms with E-state index in [1.165, 1.54) is 25.1 Å². The lowest BCUT2D eigenvalue weighted by Gasteiger charge is -2.13. The number of nitro groups is 1. The summed E-state index contributed by atoms with van der Waals surface area (Å²) < 4.78 is 0. The van der Waals surface area contributed by atoms with Gasteiger partial charge < -0.3 is 10.4 Å². The van der Waals surface area contributed by atoms with Crippen molar-refractivity contribution < 1.29 is 19.6 Å². The van der Waals surface area contributed by atoms with E-state index in [4.69, 9.17) is 5.11 Å². The first-order chi connectivity index (χ1) is 9.36. The molecule has 2 N–H and O–H groups in total. The molecule has 0 aliphatic heterocycles. The fraction of sp³-hybridized carbons (Fsp3) is 0.385. The van der Waals surface area contributed by atoms with Crippen molar-refractivity contribution in [2.24, 2.45) is 0 Å². The summed E-state index contributed by atoms with van der Waals surface area (Å²) in [7, 11) is 0. The normalized spacial score (nSPS) is 11.7. The maximum atomic E-state index is 11.9. The molecular formula is C13H16N2O5. The molecule has 108 valence electrons. The molecule has 0 heterocycles. The Labute approximate surface area is 115 Å². The van der Waals surface area contributed by atoms with Crippen molar-refractivity contribution in [2.75, 3.05) is 0 Å². The van der Waals surface area contributed by atoms with Gasteiger partial charge >= 0.3 is 5.97 Å². The number of rotatable bonds is 6. The first-order valence-corrected chi connectivity index (χ1v) is 6.15. The highest BCUT2D eigenvalue weighted by Gasteiger charge is 2.20. The van der Waals surface area contributed by atoms with E-state index in [0.717, 1.165) is 0 Å². The molecule has 0 unspecified atom stereocenters. The summed E-state index contributed by atoms with van der Waals surface area (Å²) in [5.74, 6) is -1.65. The summed E-state index contributed by atoms with van der Waals surface area (Å²) in [6, 6.07) is 2.96. The number of carboxylic acid groups (broad SMARTS) is 1. The molecule has 0 aromatic heterocycles. The molecule has 0 saturated heterocycles. The van der Waals surface area contributed by atoms with Crippen LogP contribution in [0.1, 0.15) is 35.7 Å². The fourth-order valence-electron chi connectivity index (χ4n) is 1.79. The first-order valence-electron chi connectivity index (χ1n) is 6.15. The number of carbonyl (C=O) groups is 2. The number of carbonyl (C=O) groups excluding carboxylic acids is 1. The molecule has 0 radical (unpaired) electrons. The van der Waals surface area contributed by atoms with Gasteiger partial charge in [0, 0.05) is 17.2 Å². The van der Waals surface area contributed by atoms with Crippen molar-refractivity contribution in [1.29, 1.82) is 0 Å². The minimum Gasteiger partial charge on any atom is -0.480 e. The van der Waals surface area contributed by atoms with E-state index in [1.54, 1.807) is 0 Å². The van der Waals surface area contributed by atoms with E-state index < -0.39 is 22.8 Å². The van der Waals surface area contributed by atoms with Crippen LogP contribution in [0.15, 0.2) is 18.2 Å². The standard InChI is InChI=1S/C13H16N2O5/c1-3-4-10(13(17)18)14-12(16)9-5-6-11(15(19)20)8(2)7-9/h5-7,10H,3-4H2,1-2H3,(H,14,16)(H,17,18)/t10-/m1/s1. The molecule has 1 aromatic rings. The molecule has 7 heteroatoms. The van der Waals surface area contributed by atoms with Crippen LogP contribution in [-0.2, 0) is 4.79 Å². The average molecular weight is 280 g/mol. The predicted molar refractivity (Wildman–Crippen MR) is 71.6 cm³/mol. The van der Waals surface area contributed by atoms with Gasteiger partial charge in [0.2, 0.25) is 0 Å². The first kappa shape index (κ1) is 15.6. The Balaban J connectivity index is 2.90. The highest BCUT2D eigenvalue weighted by atomic mass is 16.6. The zero-order chi connectivity index (χ0) is 15.3. The third-order valence-corrected chi connectivity index (χ3v) is 2.84. The Hall–Kier alpha value is -2.44. The molecule has 20 heavy (non-hydrogen) atoms. The van der Waals surface area contributed by atoms with Crippen molar-refractivity contribution in [2.45, 2.75) is 32.7 Å². The molecule has 1 rings (SSSR count). The van der Waals surface area contributed by atoms with Crippen LogP contribution in [0.4, 0.5) is 5.69 Å². The van der Waals surface area contributed by atoms with E-state index in [0.29, 0.717) is 18.4 Å². The molecule has 0 aliphatic rings. The van der Waals surface area contributed by atoms with E-state index in [9.17, 15) is 19.7 Å². The summed E-state index contributed by atoms with van der Waals surface area (Å²) in [5.41, 5.74) is 0.477. The Morgan fingerprint density at radius 1 is 1.45 bits per heavy atom. The average Bonchev–Trinajstić information content (AvgIpc) is 2.37. The molecule has 1 atom stereocenters. The van der Waals surface area contributed by atoms with Gasteiger partial charge in [0.1, 0.15) is 6.04 Å². The highest BCUT2D eigenvalue weighted by molar-refractivity contribution is 5.97. The minimum absolute atomic E-state index is 0.0788. The topological polar surface area (TPSA) is 110 Å². The summed E-state index contributed by atoms with van der Waals surface area (Å²) in [5, 5.41) is 22.1. The van der Waals surface area contributed by atoms with Gasteiger partial charge in [0.25, 0.3) is 11.6 Å². The van der Waals surface area contributed by atoms with Gasteiger partial charge in [-0.1, -0.05) is 13.3 Å². The van der Waals surface area contributed by atoms with Crippen LogP contribution in [0.25, 0.3) is 0 Å². The van der Waals surface area contributed by atoms with Crippen LogP contribution in [0, 0.1) is 17.0 Å². The highest BCUT2D eigenvalue weighted by Crippen LogP contribution is 2.18. The second kappa shape index (κ2) is 6.65. The fourth-order valence-corrected chi connectivity index (χ4v) is 1.79. The van der Waals surface area contributed by atoms with Gasteiger partial charge in [-0.05, 0) is 25.5 Å². The van der Waals surface area contributed by atoms with Gasteiger partial charge in [0.05, 0.1) is 4.92 Å². The predicted octanol–water partition coefficient (Wildman–Crippen LogP) is 1.89. The third kappa shape index (κ3) is 3.78. The number of nitrogens with one attached hydrogen (secondary N) is 1. The van der Waals surface area contributed by atoms with Crippen LogP contribution in [0.3, 0.4) is 0 Å². The van der Waals surface area contributed by atoms with Crippen LogP contribution in [-0.4, -0.2) is 27.9 Å². The van der Waals surface area contributed by atoms with E-state index in [2.05, 4.69) is 5.32 Å². The van der Waals surface area contributed by atoms with Crippen molar-refractivity contribution >= 4 is 17.6 Å². The van der Waals surface area contributed by atoms with Gasteiger partial charge in [-0.15, -0.1) is 0 Å². The molecule has 1 aromatic carbocycles. The van der Waals surface area contributed by atoms with Crippen molar-refractivity contribution in [3.63, 3.8) is 0 Å². The number of nitro benzene ring substituents is 1. The Kier molecular flexibility index (Phi) is 5.19.